The van der Waals surface area contributed by atoms with Gasteiger partial charge >= 0.3 is 0 Å². The van der Waals surface area contributed by atoms with Gasteiger partial charge in [0, 0.05) is 30.3 Å². The maximum atomic E-state index is 11.9. The fourth-order valence-corrected chi connectivity index (χ4v) is 2.72. The average molecular weight is 307 g/mol. The number of nitrogens with zero attached hydrogens (tertiary/aromatic N) is 1. The number of aliphatic hydroxyl groups is 1. The Morgan fingerprint density at radius 2 is 2.14 bits per heavy atom. The van der Waals surface area contributed by atoms with Gasteiger partial charge in [-0.25, -0.2) is 0 Å². The number of benzene rings is 1. The highest BCUT2D eigenvalue weighted by atomic mass is 32.1. The van der Waals surface area contributed by atoms with Crippen LogP contribution < -0.4 is 11.1 Å². The molecule has 114 valence electrons. The highest BCUT2D eigenvalue weighted by Gasteiger charge is 2.23. The highest BCUT2D eigenvalue weighted by molar-refractivity contribution is 7.80. The van der Waals surface area contributed by atoms with Crippen LogP contribution in [0.5, 0.6) is 0 Å². The van der Waals surface area contributed by atoms with Gasteiger partial charge in [0.2, 0.25) is 5.91 Å². The zero-order chi connectivity index (χ0) is 15.2. The van der Waals surface area contributed by atoms with Crippen molar-refractivity contribution in [3.8, 4) is 0 Å². The molecule has 1 aliphatic rings. The van der Waals surface area contributed by atoms with E-state index in [1.54, 1.807) is 24.3 Å². The van der Waals surface area contributed by atoms with Crippen LogP contribution in [0.1, 0.15) is 24.8 Å². The Balaban J connectivity index is 1.80. The van der Waals surface area contributed by atoms with Gasteiger partial charge in [-0.05, 0) is 43.7 Å². The van der Waals surface area contributed by atoms with Crippen LogP contribution in [-0.2, 0) is 4.79 Å². The zero-order valence-corrected chi connectivity index (χ0v) is 12.7. The lowest BCUT2D eigenvalue weighted by Crippen LogP contribution is -2.34. The molecule has 1 heterocycles. The van der Waals surface area contributed by atoms with Gasteiger partial charge in [-0.3, -0.25) is 9.69 Å². The standard InChI is InChI=1S/C15H21N3O2S/c16-15(21)11-3-5-12(6-4-11)17-14(20)7-9-18-8-1-2-13(18)10-19/h3-6,13,19H,1-2,7-10H2,(H2,16,21)(H,17,20). The van der Waals surface area contributed by atoms with Crippen LogP contribution in [-0.4, -0.2) is 46.6 Å². The molecule has 1 aromatic rings. The third-order valence-corrected chi connectivity index (χ3v) is 4.02. The van der Waals surface area contributed by atoms with Gasteiger partial charge in [0.25, 0.3) is 0 Å². The summed E-state index contributed by atoms with van der Waals surface area (Å²) >= 11 is 4.88. The molecule has 4 N–H and O–H groups in total. The number of hydrogen-bond acceptors (Lipinski definition) is 4. The lowest BCUT2D eigenvalue weighted by atomic mass is 10.2. The minimum Gasteiger partial charge on any atom is -0.395 e. The van der Waals surface area contributed by atoms with Crippen molar-refractivity contribution in [3.05, 3.63) is 29.8 Å². The van der Waals surface area contributed by atoms with Crippen LogP contribution in [0.2, 0.25) is 0 Å². The summed E-state index contributed by atoms with van der Waals surface area (Å²) in [6.07, 6.45) is 2.53. The molecule has 0 bridgehead atoms. The topological polar surface area (TPSA) is 78.6 Å². The molecule has 1 amide bonds. The largest absolute Gasteiger partial charge is 0.395 e. The third-order valence-electron chi connectivity index (χ3n) is 3.79. The van der Waals surface area contributed by atoms with Crippen molar-refractivity contribution >= 4 is 28.8 Å². The number of anilines is 1. The number of carbonyl (C=O) groups excluding carboxylic acids is 1. The fourth-order valence-electron chi connectivity index (χ4n) is 2.58. The molecular formula is C15H21N3O2S. The van der Waals surface area contributed by atoms with Gasteiger partial charge in [-0.2, -0.15) is 0 Å². The predicted octanol–water partition coefficient (Wildman–Crippen LogP) is 1.11. The number of aliphatic hydroxyl groups excluding tert-OH is 1. The van der Waals surface area contributed by atoms with E-state index < -0.39 is 0 Å². The van der Waals surface area contributed by atoms with Crippen LogP contribution >= 0.6 is 12.2 Å². The molecule has 2 rings (SSSR count). The Morgan fingerprint density at radius 3 is 2.76 bits per heavy atom. The molecule has 0 aromatic heterocycles. The molecule has 0 spiro atoms. The highest BCUT2D eigenvalue weighted by Crippen LogP contribution is 2.17. The monoisotopic (exact) mass is 307 g/mol. The smallest absolute Gasteiger partial charge is 0.225 e. The summed E-state index contributed by atoms with van der Waals surface area (Å²) in [5.74, 6) is -0.0262. The molecule has 1 saturated heterocycles. The molecule has 0 radical (unpaired) electrons. The van der Waals surface area contributed by atoms with E-state index in [1.165, 1.54) is 0 Å². The van der Waals surface area contributed by atoms with E-state index in [-0.39, 0.29) is 18.6 Å². The van der Waals surface area contributed by atoms with E-state index in [2.05, 4.69) is 10.2 Å². The number of likely N-dealkylation sites (tertiary alicyclic amines) is 1. The maximum Gasteiger partial charge on any atom is 0.225 e. The van der Waals surface area contributed by atoms with E-state index in [1.807, 2.05) is 0 Å². The lowest BCUT2D eigenvalue weighted by molar-refractivity contribution is -0.116. The number of thiocarbonyl (C=S) groups is 1. The van der Waals surface area contributed by atoms with Crippen molar-refractivity contribution in [2.45, 2.75) is 25.3 Å². The summed E-state index contributed by atoms with van der Waals surface area (Å²) < 4.78 is 0. The molecule has 1 fully saturated rings. The Hall–Kier alpha value is -1.50. The minimum absolute atomic E-state index is 0.0262. The second-order valence-electron chi connectivity index (χ2n) is 5.25. The molecule has 0 aliphatic carbocycles. The first-order chi connectivity index (χ1) is 10.1. The number of nitrogens with one attached hydrogen (secondary N) is 1. The molecule has 6 heteroatoms. The Morgan fingerprint density at radius 1 is 1.43 bits per heavy atom. The average Bonchev–Trinajstić information content (AvgIpc) is 2.93. The van der Waals surface area contributed by atoms with Gasteiger partial charge in [0.05, 0.1) is 6.61 Å². The van der Waals surface area contributed by atoms with Crippen molar-refractivity contribution in [1.29, 1.82) is 0 Å². The van der Waals surface area contributed by atoms with Crippen LogP contribution in [0, 0.1) is 0 Å². The second-order valence-corrected chi connectivity index (χ2v) is 5.69. The molecule has 0 saturated carbocycles. The molecule has 1 atom stereocenters. The normalized spacial score (nSPS) is 18.6. The summed E-state index contributed by atoms with van der Waals surface area (Å²) in [5.41, 5.74) is 7.05. The van der Waals surface area contributed by atoms with Crippen LogP contribution in [0.25, 0.3) is 0 Å². The van der Waals surface area contributed by atoms with Gasteiger partial charge in [0.15, 0.2) is 0 Å². The van der Waals surface area contributed by atoms with Crippen molar-refractivity contribution in [2.75, 3.05) is 25.0 Å². The van der Waals surface area contributed by atoms with Crippen molar-refractivity contribution in [1.82, 2.24) is 4.90 Å². The van der Waals surface area contributed by atoms with E-state index in [9.17, 15) is 9.90 Å². The molecule has 1 aliphatic heterocycles. The number of amides is 1. The van der Waals surface area contributed by atoms with Gasteiger partial charge in [-0.15, -0.1) is 0 Å². The molecular weight excluding hydrogens is 286 g/mol. The van der Waals surface area contributed by atoms with Crippen molar-refractivity contribution in [3.63, 3.8) is 0 Å². The van der Waals surface area contributed by atoms with Crippen molar-refractivity contribution < 1.29 is 9.90 Å². The lowest BCUT2D eigenvalue weighted by Gasteiger charge is -2.22. The number of rotatable bonds is 6. The zero-order valence-electron chi connectivity index (χ0n) is 11.9. The van der Waals surface area contributed by atoms with E-state index in [4.69, 9.17) is 18.0 Å². The predicted molar refractivity (Wildman–Crippen MR) is 87.3 cm³/mol. The molecule has 21 heavy (non-hydrogen) atoms. The van der Waals surface area contributed by atoms with E-state index >= 15 is 0 Å². The quantitative estimate of drug-likeness (QED) is 0.686. The van der Waals surface area contributed by atoms with Crippen LogP contribution in [0.4, 0.5) is 5.69 Å². The first-order valence-corrected chi connectivity index (χ1v) is 7.55. The molecule has 1 unspecified atom stereocenters. The maximum absolute atomic E-state index is 11.9. The van der Waals surface area contributed by atoms with Gasteiger partial charge in [-0.1, -0.05) is 12.2 Å². The van der Waals surface area contributed by atoms with Crippen molar-refractivity contribution in [2.24, 2.45) is 5.73 Å². The number of nitrogens with two attached hydrogens (primary N) is 1. The number of hydrogen-bond donors (Lipinski definition) is 3. The summed E-state index contributed by atoms with van der Waals surface area (Å²) in [6.45, 7) is 1.81. The third kappa shape index (κ3) is 4.49. The van der Waals surface area contributed by atoms with Gasteiger partial charge < -0.3 is 16.2 Å². The SMILES string of the molecule is NC(=S)c1ccc(NC(=O)CCN2CCCC2CO)cc1. The number of carbonyl (C=O) groups is 1. The van der Waals surface area contributed by atoms with E-state index in [0.717, 1.165) is 30.6 Å². The van der Waals surface area contributed by atoms with E-state index in [0.29, 0.717) is 18.0 Å². The Labute approximate surface area is 130 Å². The minimum atomic E-state index is -0.0262. The van der Waals surface area contributed by atoms with Crippen LogP contribution in [0.3, 0.4) is 0 Å². The molecule has 5 nitrogen and oxygen atoms in total. The summed E-state index contributed by atoms with van der Waals surface area (Å²) in [4.78, 5) is 14.5. The van der Waals surface area contributed by atoms with Gasteiger partial charge in [0.1, 0.15) is 4.99 Å². The second kappa shape index (κ2) is 7.49. The Kier molecular flexibility index (Phi) is 5.67. The Bertz CT molecular complexity index is 504. The first kappa shape index (κ1) is 15.9. The molecule has 1 aromatic carbocycles. The summed E-state index contributed by atoms with van der Waals surface area (Å²) in [5, 5.41) is 12.1. The van der Waals surface area contributed by atoms with Crippen LogP contribution in [0.15, 0.2) is 24.3 Å². The summed E-state index contributed by atoms with van der Waals surface area (Å²) in [7, 11) is 0. The fraction of sp³-hybridized carbons (Fsp3) is 0.467. The first-order valence-electron chi connectivity index (χ1n) is 7.15. The summed E-state index contributed by atoms with van der Waals surface area (Å²) in [6, 6.07) is 7.38.